The van der Waals surface area contributed by atoms with E-state index >= 15 is 0 Å². The van der Waals surface area contributed by atoms with Crippen molar-refractivity contribution in [3.05, 3.63) is 34.3 Å². The molecule has 1 heterocycles. The van der Waals surface area contributed by atoms with E-state index in [2.05, 4.69) is 53.0 Å². The third-order valence-corrected chi connectivity index (χ3v) is 4.65. The van der Waals surface area contributed by atoms with Crippen LogP contribution >= 0.6 is 15.9 Å². The molecule has 0 amide bonds. The molecule has 2 N–H and O–H groups in total. The zero-order valence-corrected chi connectivity index (χ0v) is 13.3. The van der Waals surface area contributed by atoms with E-state index in [1.165, 1.54) is 5.56 Å². The van der Waals surface area contributed by atoms with Gasteiger partial charge in [0.05, 0.1) is 6.04 Å². The van der Waals surface area contributed by atoms with Gasteiger partial charge in [0.15, 0.2) is 0 Å². The Bertz CT molecular complexity index is 405. The summed E-state index contributed by atoms with van der Waals surface area (Å²) in [5.74, 6) is 0. The van der Waals surface area contributed by atoms with Crippen molar-refractivity contribution in [2.45, 2.75) is 37.9 Å². The van der Waals surface area contributed by atoms with Gasteiger partial charge in [-0.3, -0.25) is 4.90 Å². The molecule has 2 atom stereocenters. The van der Waals surface area contributed by atoms with Crippen LogP contribution in [-0.4, -0.2) is 37.2 Å². The van der Waals surface area contributed by atoms with Crippen molar-refractivity contribution in [1.82, 2.24) is 4.90 Å². The molecular weight excluding hydrogens is 304 g/mol. The van der Waals surface area contributed by atoms with Gasteiger partial charge in [0.1, 0.15) is 0 Å². The molecule has 3 nitrogen and oxygen atoms in total. The van der Waals surface area contributed by atoms with E-state index in [1.54, 1.807) is 0 Å². The maximum Gasteiger partial charge on any atom is 0.0507 e. The summed E-state index contributed by atoms with van der Waals surface area (Å²) in [7, 11) is 2.18. The van der Waals surface area contributed by atoms with Gasteiger partial charge in [0.25, 0.3) is 0 Å². The maximum atomic E-state index is 6.25. The molecule has 0 radical (unpaired) electrons. The van der Waals surface area contributed by atoms with Gasteiger partial charge in [0, 0.05) is 29.8 Å². The van der Waals surface area contributed by atoms with Gasteiger partial charge >= 0.3 is 0 Å². The first-order valence-corrected chi connectivity index (χ1v) is 7.70. The normalized spacial score (nSPS) is 20.5. The summed E-state index contributed by atoms with van der Waals surface area (Å²) in [4.78, 5) is 2.42. The summed E-state index contributed by atoms with van der Waals surface area (Å²) in [5.41, 5.74) is 7.52. The van der Waals surface area contributed by atoms with Gasteiger partial charge in [0.2, 0.25) is 0 Å². The van der Waals surface area contributed by atoms with Crippen LogP contribution in [0.4, 0.5) is 0 Å². The Balaban J connectivity index is 2.22. The average molecular weight is 327 g/mol. The fourth-order valence-electron chi connectivity index (χ4n) is 2.91. The van der Waals surface area contributed by atoms with E-state index in [0.717, 1.165) is 30.5 Å². The molecule has 0 aromatic heterocycles. The van der Waals surface area contributed by atoms with Gasteiger partial charge in [-0.05, 0) is 38.4 Å². The molecule has 0 spiro atoms. The lowest BCUT2D eigenvalue weighted by atomic mass is 9.96. The largest absolute Gasteiger partial charge is 0.381 e. The summed E-state index contributed by atoms with van der Waals surface area (Å²) in [6.45, 7) is 3.80. The van der Waals surface area contributed by atoms with E-state index in [1.807, 2.05) is 6.07 Å². The van der Waals surface area contributed by atoms with Crippen LogP contribution in [0.2, 0.25) is 0 Å². The first-order valence-electron chi connectivity index (χ1n) is 6.91. The number of rotatable bonds is 4. The van der Waals surface area contributed by atoms with Gasteiger partial charge in [-0.15, -0.1) is 0 Å². The van der Waals surface area contributed by atoms with Crippen molar-refractivity contribution in [1.29, 1.82) is 0 Å². The van der Waals surface area contributed by atoms with Crippen LogP contribution in [0.25, 0.3) is 0 Å². The molecule has 2 unspecified atom stereocenters. The number of nitrogens with two attached hydrogens (primary N) is 1. The topological polar surface area (TPSA) is 38.5 Å². The minimum atomic E-state index is 0.0894. The number of halogens is 1. The summed E-state index contributed by atoms with van der Waals surface area (Å²) >= 11 is 3.65. The summed E-state index contributed by atoms with van der Waals surface area (Å²) < 4.78 is 6.59. The summed E-state index contributed by atoms with van der Waals surface area (Å²) in [6, 6.07) is 9.24. The van der Waals surface area contributed by atoms with E-state index in [0.29, 0.717) is 6.04 Å². The minimum absolute atomic E-state index is 0.0894. The monoisotopic (exact) mass is 326 g/mol. The number of hydrogen-bond donors (Lipinski definition) is 1. The molecule has 1 aromatic carbocycles. The number of ether oxygens (including phenoxy) is 1. The molecule has 4 heteroatoms. The van der Waals surface area contributed by atoms with Crippen LogP contribution in [0.3, 0.4) is 0 Å². The zero-order valence-electron chi connectivity index (χ0n) is 11.7. The molecule has 1 aliphatic rings. The number of likely N-dealkylation sites (N-methyl/N-ethyl adjacent to an activating group) is 1. The third-order valence-electron chi connectivity index (χ3n) is 3.93. The van der Waals surface area contributed by atoms with Gasteiger partial charge in [-0.25, -0.2) is 0 Å². The minimum Gasteiger partial charge on any atom is -0.381 e. The first kappa shape index (κ1) is 15.0. The highest BCUT2D eigenvalue weighted by molar-refractivity contribution is 9.10. The van der Waals surface area contributed by atoms with Crippen LogP contribution in [0, 0.1) is 0 Å². The SMILES string of the molecule is CC(N)C(c1ccccc1Br)N(C)C1CCOCC1. The third kappa shape index (κ3) is 3.57. The quantitative estimate of drug-likeness (QED) is 0.924. The standard InChI is InChI=1S/C15H23BrN2O/c1-11(17)15(13-5-3-4-6-14(13)16)18(2)12-7-9-19-10-8-12/h3-6,11-12,15H,7-10,17H2,1-2H3. The van der Waals surface area contributed by atoms with Crippen molar-refractivity contribution >= 4 is 15.9 Å². The smallest absolute Gasteiger partial charge is 0.0507 e. The molecule has 19 heavy (non-hydrogen) atoms. The molecule has 1 saturated heterocycles. The second-order valence-electron chi connectivity index (χ2n) is 5.33. The van der Waals surface area contributed by atoms with Gasteiger partial charge < -0.3 is 10.5 Å². The Morgan fingerprint density at radius 2 is 1.95 bits per heavy atom. The summed E-state index contributed by atoms with van der Waals surface area (Å²) in [5, 5.41) is 0. The molecular formula is C15H23BrN2O. The van der Waals surface area contributed by atoms with Crippen LogP contribution in [0.15, 0.2) is 28.7 Å². The molecule has 1 aromatic rings. The predicted octanol–water partition coefficient (Wildman–Crippen LogP) is 2.95. The van der Waals surface area contributed by atoms with E-state index < -0.39 is 0 Å². The molecule has 106 valence electrons. The van der Waals surface area contributed by atoms with Crippen molar-refractivity contribution in [3.8, 4) is 0 Å². The molecule has 1 fully saturated rings. The van der Waals surface area contributed by atoms with Crippen LogP contribution in [0.1, 0.15) is 31.4 Å². The molecule has 0 bridgehead atoms. The number of benzene rings is 1. The highest BCUT2D eigenvalue weighted by Gasteiger charge is 2.29. The maximum absolute atomic E-state index is 6.25. The lowest BCUT2D eigenvalue weighted by Crippen LogP contribution is -2.45. The highest BCUT2D eigenvalue weighted by Crippen LogP contribution is 2.32. The van der Waals surface area contributed by atoms with Gasteiger partial charge in [-0.1, -0.05) is 34.1 Å². The Labute approximate surface area is 124 Å². The Kier molecular flexibility index (Phi) is 5.39. The van der Waals surface area contributed by atoms with Crippen LogP contribution < -0.4 is 5.73 Å². The predicted molar refractivity (Wildman–Crippen MR) is 82.1 cm³/mol. The lowest BCUT2D eigenvalue weighted by Gasteiger charge is -2.39. The van der Waals surface area contributed by atoms with Gasteiger partial charge in [-0.2, -0.15) is 0 Å². The lowest BCUT2D eigenvalue weighted by molar-refractivity contribution is 0.0244. The molecule has 0 saturated carbocycles. The average Bonchev–Trinajstić information content (AvgIpc) is 2.42. The fraction of sp³-hybridized carbons (Fsp3) is 0.600. The van der Waals surface area contributed by atoms with E-state index in [9.17, 15) is 0 Å². The highest BCUT2D eigenvalue weighted by atomic mass is 79.9. The second kappa shape index (κ2) is 6.84. The number of hydrogen-bond acceptors (Lipinski definition) is 3. The Morgan fingerprint density at radius 3 is 2.53 bits per heavy atom. The van der Waals surface area contributed by atoms with Crippen LogP contribution in [-0.2, 0) is 4.74 Å². The first-order chi connectivity index (χ1) is 9.11. The molecule has 0 aliphatic carbocycles. The Hall–Kier alpha value is -0.420. The molecule has 2 rings (SSSR count). The fourth-order valence-corrected chi connectivity index (χ4v) is 3.43. The number of nitrogens with zero attached hydrogens (tertiary/aromatic N) is 1. The van der Waals surface area contributed by atoms with Crippen molar-refractivity contribution in [2.75, 3.05) is 20.3 Å². The van der Waals surface area contributed by atoms with Crippen molar-refractivity contribution in [3.63, 3.8) is 0 Å². The van der Waals surface area contributed by atoms with E-state index in [-0.39, 0.29) is 12.1 Å². The van der Waals surface area contributed by atoms with Crippen LogP contribution in [0.5, 0.6) is 0 Å². The second-order valence-corrected chi connectivity index (χ2v) is 6.19. The van der Waals surface area contributed by atoms with E-state index in [4.69, 9.17) is 10.5 Å². The van der Waals surface area contributed by atoms with Crippen molar-refractivity contribution in [2.24, 2.45) is 5.73 Å². The molecule has 1 aliphatic heterocycles. The zero-order chi connectivity index (χ0) is 13.8. The Morgan fingerprint density at radius 1 is 1.32 bits per heavy atom. The van der Waals surface area contributed by atoms with Crippen molar-refractivity contribution < 1.29 is 4.74 Å². The summed E-state index contributed by atoms with van der Waals surface area (Å²) in [6.07, 6.45) is 2.17.